The summed E-state index contributed by atoms with van der Waals surface area (Å²) in [5.41, 5.74) is 8.38. The molecule has 1 N–H and O–H groups in total. The summed E-state index contributed by atoms with van der Waals surface area (Å²) in [6.07, 6.45) is 0. The molecule has 0 atom stereocenters. The van der Waals surface area contributed by atoms with Crippen LogP contribution < -0.4 is 0 Å². The predicted octanol–water partition coefficient (Wildman–Crippen LogP) is 8.65. The van der Waals surface area contributed by atoms with Crippen molar-refractivity contribution < 1.29 is 0 Å². The van der Waals surface area contributed by atoms with E-state index in [1.807, 2.05) is 36.4 Å². The fourth-order valence-electron chi connectivity index (χ4n) is 5.11. The van der Waals surface area contributed by atoms with E-state index < -0.39 is 0 Å². The number of H-pyrrole nitrogens is 1. The van der Waals surface area contributed by atoms with Crippen LogP contribution in [0.2, 0.25) is 5.02 Å². The van der Waals surface area contributed by atoms with Crippen molar-refractivity contribution in [1.29, 1.82) is 0 Å². The van der Waals surface area contributed by atoms with Crippen LogP contribution in [0.4, 0.5) is 0 Å². The monoisotopic (exact) mass is 469 g/mol. The molecule has 0 bridgehead atoms. The largest absolute Gasteiger partial charge is 0.338 e. The molecule has 0 saturated heterocycles. The molecule has 7 rings (SSSR count). The summed E-state index contributed by atoms with van der Waals surface area (Å²) in [5.74, 6) is 0.823. The molecule has 7 aromatic rings. The topological polar surface area (TPSA) is 33.6 Å². The molecule has 0 amide bonds. The van der Waals surface area contributed by atoms with E-state index in [1.54, 1.807) is 0 Å². The Labute approximate surface area is 207 Å². The second-order valence-electron chi connectivity index (χ2n) is 8.65. The van der Waals surface area contributed by atoms with Gasteiger partial charge in [-0.25, -0.2) is 4.98 Å². The number of rotatable bonds is 3. The number of para-hydroxylation sites is 3. The Morgan fingerprint density at radius 3 is 1.89 bits per heavy atom. The number of aromatic amines is 1. The smallest absolute Gasteiger partial charge is 0.139 e. The average Bonchev–Trinajstić information content (AvgIpc) is 3.49. The SMILES string of the molecule is Clc1ccccc1-c1ccccc1-c1nc2c(-n3c4ccccc4c4ccccc43)cccc2[nH]1. The van der Waals surface area contributed by atoms with Crippen molar-refractivity contribution in [2.45, 2.75) is 0 Å². The molecule has 0 spiro atoms. The number of benzene rings is 5. The molecule has 0 aliphatic heterocycles. The molecule has 35 heavy (non-hydrogen) atoms. The van der Waals surface area contributed by atoms with Gasteiger partial charge in [0.25, 0.3) is 0 Å². The van der Waals surface area contributed by atoms with E-state index in [0.29, 0.717) is 0 Å². The van der Waals surface area contributed by atoms with Crippen molar-refractivity contribution in [2.24, 2.45) is 0 Å². The number of imidazole rings is 1. The lowest BCUT2D eigenvalue weighted by molar-refractivity contribution is 1.19. The molecular formula is C31H20ClN3. The van der Waals surface area contributed by atoms with Crippen molar-refractivity contribution in [2.75, 3.05) is 0 Å². The summed E-state index contributed by atoms with van der Waals surface area (Å²) in [6.45, 7) is 0. The first-order valence-electron chi connectivity index (χ1n) is 11.6. The van der Waals surface area contributed by atoms with Gasteiger partial charge in [0.05, 0.1) is 22.2 Å². The number of aromatic nitrogens is 3. The number of halogens is 1. The summed E-state index contributed by atoms with van der Waals surface area (Å²) in [5, 5.41) is 3.20. The third kappa shape index (κ3) is 3.09. The van der Waals surface area contributed by atoms with Gasteiger partial charge in [0.2, 0.25) is 0 Å². The first-order chi connectivity index (χ1) is 17.3. The van der Waals surface area contributed by atoms with E-state index in [0.717, 1.165) is 44.3 Å². The van der Waals surface area contributed by atoms with E-state index in [9.17, 15) is 0 Å². The highest BCUT2D eigenvalue weighted by Crippen LogP contribution is 2.37. The van der Waals surface area contributed by atoms with E-state index in [1.165, 1.54) is 21.8 Å². The average molecular weight is 470 g/mol. The Balaban J connectivity index is 1.50. The van der Waals surface area contributed by atoms with E-state index in [-0.39, 0.29) is 0 Å². The fraction of sp³-hybridized carbons (Fsp3) is 0. The summed E-state index contributed by atoms with van der Waals surface area (Å²) >= 11 is 6.57. The lowest BCUT2D eigenvalue weighted by Crippen LogP contribution is -1.95. The lowest BCUT2D eigenvalue weighted by atomic mass is 9.99. The van der Waals surface area contributed by atoms with Gasteiger partial charge in [0.15, 0.2) is 0 Å². The number of fused-ring (bicyclic) bond motifs is 4. The number of hydrogen-bond acceptors (Lipinski definition) is 1. The highest BCUT2D eigenvalue weighted by Gasteiger charge is 2.17. The van der Waals surface area contributed by atoms with Crippen LogP contribution in [0, 0.1) is 0 Å². The van der Waals surface area contributed by atoms with Crippen molar-refractivity contribution in [3.8, 4) is 28.2 Å². The van der Waals surface area contributed by atoms with Crippen molar-refractivity contribution in [3.63, 3.8) is 0 Å². The van der Waals surface area contributed by atoms with Gasteiger partial charge >= 0.3 is 0 Å². The highest BCUT2D eigenvalue weighted by molar-refractivity contribution is 6.33. The maximum Gasteiger partial charge on any atom is 0.139 e. The van der Waals surface area contributed by atoms with Gasteiger partial charge in [-0.1, -0.05) is 96.5 Å². The van der Waals surface area contributed by atoms with Gasteiger partial charge in [-0.15, -0.1) is 0 Å². The second-order valence-corrected chi connectivity index (χ2v) is 9.06. The Kier molecular flexibility index (Phi) is 4.51. The van der Waals surface area contributed by atoms with Gasteiger partial charge in [-0.2, -0.15) is 0 Å². The summed E-state index contributed by atoms with van der Waals surface area (Å²) in [6, 6.07) is 39.6. The van der Waals surface area contributed by atoms with Crippen molar-refractivity contribution in [1.82, 2.24) is 14.5 Å². The third-order valence-electron chi connectivity index (χ3n) is 6.66. The van der Waals surface area contributed by atoms with Crippen LogP contribution in [-0.2, 0) is 0 Å². The molecule has 2 heterocycles. The van der Waals surface area contributed by atoms with Crippen LogP contribution in [0.25, 0.3) is 61.0 Å². The second kappa shape index (κ2) is 7.86. The molecule has 0 unspecified atom stereocenters. The normalized spacial score (nSPS) is 11.6. The number of nitrogens with zero attached hydrogens (tertiary/aromatic N) is 2. The summed E-state index contributed by atoms with van der Waals surface area (Å²) in [4.78, 5) is 8.72. The minimum absolute atomic E-state index is 0.724. The molecular weight excluding hydrogens is 450 g/mol. The van der Waals surface area contributed by atoms with Gasteiger partial charge in [0, 0.05) is 26.9 Å². The molecule has 0 fully saturated rings. The number of nitrogens with one attached hydrogen (secondary N) is 1. The standard InChI is InChI=1S/C31H20ClN3/c32-25-15-6-3-11-21(25)20-10-1-2-14-24(20)31-33-26-16-9-19-29(30(26)34-31)35-27-17-7-4-12-22(27)23-13-5-8-18-28(23)35/h1-19H,(H,33,34). The fourth-order valence-corrected chi connectivity index (χ4v) is 5.35. The molecule has 3 nitrogen and oxygen atoms in total. The predicted molar refractivity (Wildman–Crippen MR) is 146 cm³/mol. The molecule has 0 aliphatic rings. The van der Waals surface area contributed by atoms with Crippen LogP contribution in [0.3, 0.4) is 0 Å². The lowest BCUT2D eigenvalue weighted by Gasteiger charge is -2.09. The Morgan fingerprint density at radius 1 is 0.571 bits per heavy atom. The Hall–Kier alpha value is -4.34. The molecule has 166 valence electrons. The first kappa shape index (κ1) is 20.1. The zero-order valence-corrected chi connectivity index (χ0v) is 19.5. The molecule has 4 heteroatoms. The molecule has 0 saturated carbocycles. The van der Waals surface area contributed by atoms with E-state index >= 15 is 0 Å². The maximum absolute atomic E-state index is 6.57. The van der Waals surface area contributed by atoms with Crippen molar-refractivity contribution >= 4 is 44.4 Å². The molecule has 0 radical (unpaired) electrons. The minimum Gasteiger partial charge on any atom is -0.338 e. The van der Waals surface area contributed by atoms with E-state index in [2.05, 4.69) is 88.4 Å². The molecule has 2 aromatic heterocycles. The Bertz CT molecular complexity index is 1820. The number of hydrogen-bond donors (Lipinski definition) is 1. The van der Waals surface area contributed by atoms with E-state index in [4.69, 9.17) is 16.6 Å². The third-order valence-corrected chi connectivity index (χ3v) is 6.99. The zero-order valence-electron chi connectivity index (χ0n) is 18.7. The van der Waals surface area contributed by atoms with Gasteiger partial charge in [0.1, 0.15) is 11.3 Å². The quantitative estimate of drug-likeness (QED) is 0.276. The van der Waals surface area contributed by atoms with Crippen LogP contribution in [-0.4, -0.2) is 14.5 Å². The Morgan fingerprint density at radius 2 is 1.17 bits per heavy atom. The van der Waals surface area contributed by atoms with Crippen molar-refractivity contribution in [3.05, 3.63) is 120 Å². The minimum atomic E-state index is 0.724. The molecule has 5 aromatic carbocycles. The molecule has 0 aliphatic carbocycles. The van der Waals surface area contributed by atoms with Gasteiger partial charge in [-0.3, -0.25) is 0 Å². The van der Waals surface area contributed by atoms with Crippen LogP contribution in [0.1, 0.15) is 0 Å². The zero-order chi connectivity index (χ0) is 23.4. The van der Waals surface area contributed by atoms with Gasteiger partial charge in [-0.05, 0) is 35.9 Å². The van der Waals surface area contributed by atoms with Crippen LogP contribution in [0.15, 0.2) is 115 Å². The first-order valence-corrected chi connectivity index (χ1v) is 12.0. The summed E-state index contributed by atoms with van der Waals surface area (Å²) in [7, 11) is 0. The summed E-state index contributed by atoms with van der Waals surface area (Å²) < 4.78 is 2.32. The van der Waals surface area contributed by atoms with Crippen LogP contribution >= 0.6 is 11.6 Å². The maximum atomic E-state index is 6.57. The van der Waals surface area contributed by atoms with Crippen LogP contribution in [0.5, 0.6) is 0 Å². The van der Waals surface area contributed by atoms with Gasteiger partial charge < -0.3 is 9.55 Å². The highest BCUT2D eigenvalue weighted by atomic mass is 35.5.